The lowest BCUT2D eigenvalue weighted by atomic mass is 9.99. The van der Waals surface area contributed by atoms with Crippen LogP contribution in [0.2, 0.25) is 0 Å². The van der Waals surface area contributed by atoms with Gasteiger partial charge in [-0.25, -0.2) is 0 Å². The van der Waals surface area contributed by atoms with Gasteiger partial charge in [0.15, 0.2) is 0 Å². The average Bonchev–Trinajstić information content (AvgIpc) is 3.00. The van der Waals surface area contributed by atoms with Crippen LogP contribution in [-0.4, -0.2) is 23.0 Å². The third-order valence-corrected chi connectivity index (χ3v) is 4.54. The van der Waals surface area contributed by atoms with Crippen LogP contribution >= 0.6 is 0 Å². The van der Waals surface area contributed by atoms with E-state index >= 15 is 0 Å². The van der Waals surface area contributed by atoms with Crippen molar-refractivity contribution in [3.05, 3.63) is 57.5 Å². The van der Waals surface area contributed by atoms with Crippen LogP contribution in [0.3, 0.4) is 0 Å². The van der Waals surface area contributed by atoms with Crippen LogP contribution in [0.15, 0.2) is 35.1 Å². The fraction of sp³-hybridized carbons (Fsp3) is 0.421. The Kier molecular flexibility index (Phi) is 4.44. The van der Waals surface area contributed by atoms with Gasteiger partial charge in [-0.15, -0.1) is 0 Å². The molecule has 3 heteroatoms. The molecule has 1 saturated heterocycles. The van der Waals surface area contributed by atoms with Crippen molar-refractivity contribution in [2.75, 3.05) is 13.1 Å². The zero-order valence-corrected chi connectivity index (χ0v) is 13.5. The molecule has 0 bridgehead atoms. The van der Waals surface area contributed by atoms with Gasteiger partial charge in [-0.3, -0.25) is 9.69 Å². The summed E-state index contributed by atoms with van der Waals surface area (Å²) < 4.78 is 0. The minimum Gasteiger partial charge on any atom is -0.326 e. The quantitative estimate of drug-likeness (QED) is 0.937. The maximum atomic E-state index is 11.9. The van der Waals surface area contributed by atoms with Crippen molar-refractivity contribution in [1.29, 1.82) is 0 Å². The van der Waals surface area contributed by atoms with Gasteiger partial charge in [-0.05, 0) is 62.5 Å². The van der Waals surface area contributed by atoms with E-state index in [9.17, 15) is 4.79 Å². The Labute approximate surface area is 132 Å². The number of nitrogens with one attached hydrogen (secondary N) is 1. The van der Waals surface area contributed by atoms with E-state index in [1.54, 1.807) is 0 Å². The maximum Gasteiger partial charge on any atom is 0.251 e. The van der Waals surface area contributed by atoms with E-state index in [2.05, 4.69) is 34.1 Å². The van der Waals surface area contributed by atoms with Crippen molar-refractivity contribution < 1.29 is 0 Å². The number of likely N-dealkylation sites (tertiary alicyclic amines) is 1. The van der Waals surface area contributed by atoms with E-state index in [-0.39, 0.29) is 5.56 Å². The number of aromatic amines is 1. The highest BCUT2D eigenvalue weighted by Gasteiger charge is 2.12. The third-order valence-electron chi connectivity index (χ3n) is 4.54. The first-order valence-corrected chi connectivity index (χ1v) is 8.22. The molecular formula is C19H24N2O. The van der Waals surface area contributed by atoms with Crippen LogP contribution in [0.4, 0.5) is 0 Å². The second kappa shape index (κ2) is 6.49. The number of pyridine rings is 1. The fourth-order valence-corrected chi connectivity index (χ4v) is 3.26. The van der Waals surface area contributed by atoms with E-state index in [1.807, 2.05) is 19.9 Å². The summed E-state index contributed by atoms with van der Waals surface area (Å²) in [5.74, 6) is 0. The summed E-state index contributed by atoms with van der Waals surface area (Å²) >= 11 is 0. The van der Waals surface area contributed by atoms with Gasteiger partial charge in [0.1, 0.15) is 0 Å². The average molecular weight is 296 g/mol. The highest BCUT2D eigenvalue weighted by molar-refractivity contribution is 5.67. The van der Waals surface area contributed by atoms with E-state index < -0.39 is 0 Å². The third kappa shape index (κ3) is 3.14. The van der Waals surface area contributed by atoms with Crippen LogP contribution in [0.1, 0.15) is 36.6 Å². The van der Waals surface area contributed by atoms with Crippen LogP contribution in [0.5, 0.6) is 0 Å². The molecule has 0 amide bonds. The molecule has 0 radical (unpaired) electrons. The van der Waals surface area contributed by atoms with Crippen molar-refractivity contribution in [1.82, 2.24) is 9.88 Å². The molecule has 1 aliphatic heterocycles. The summed E-state index contributed by atoms with van der Waals surface area (Å²) in [5, 5.41) is 0. The van der Waals surface area contributed by atoms with Crippen molar-refractivity contribution in [2.45, 2.75) is 39.7 Å². The molecule has 1 aromatic heterocycles. The van der Waals surface area contributed by atoms with E-state index in [0.29, 0.717) is 0 Å². The lowest BCUT2D eigenvalue weighted by molar-refractivity contribution is 0.331. The van der Waals surface area contributed by atoms with Gasteiger partial charge >= 0.3 is 0 Å². The Hall–Kier alpha value is -1.87. The second-order valence-electron chi connectivity index (χ2n) is 6.20. The second-order valence-corrected chi connectivity index (χ2v) is 6.20. The number of H-pyrrole nitrogens is 1. The van der Waals surface area contributed by atoms with Gasteiger partial charge in [0.25, 0.3) is 5.56 Å². The minimum absolute atomic E-state index is 0.0389. The van der Waals surface area contributed by atoms with Gasteiger partial charge in [0.2, 0.25) is 0 Å². The van der Waals surface area contributed by atoms with E-state index in [1.165, 1.54) is 37.1 Å². The number of benzene rings is 1. The molecule has 116 valence electrons. The van der Waals surface area contributed by atoms with E-state index in [4.69, 9.17) is 0 Å². The summed E-state index contributed by atoms with van der Waals surface area (Å²) in [4.78, 5) is 17.4. The molecule has 0 spiro atoms. The molecular weight excluding hydrogens is 272 g/mol. The maximum absolute atomic E-state index is 11.9. The van der Waals surface area contributed by atoms with E-state index in [0.717, 1.165) is 29.8 Å². The molecule has 3 nitrogen and oxygen atoms in total. The summed E-state index contributed by atoms with van der Waals surface area (Å²) in [6.07, 6.45) is 3.40. The first-order valence-electron chi connectivity index (χ1n) is 8.22. The number of aromatic nitrogens is 1. The number of aryl methyl sites for hydroxylation is 2. The van der Waals surface area contributed by atoms with Crippen molar-refractivity contribution in [2.24, 2.45) is 0 Å². The van der Waals surface area contributed by atoms with Crippen LogP contribution < -0.4 is 5.56 Å². The summed E-state index contributed by atoms with van der Waals surface area (Å²) in [5.41, 5.74) is 5.52. The Morgan fingerprint density at radius 2 is 1.95 bits per heavy atom. The van der Waals surface area contributed by atoms with Crippen molar-refractivity contribution in [3.63, 3.8) is 0 Å². The molecule has 1 fully saturated rings. The van der Waals surface area contributed by atoms with Gasteiger partial charge in [-0.1, -0.05) is 25.1 Å². The van der Waals surface area contributed by atoms with Crippen LogP contribution in [0, 0.1) is 6.92 Å². The van der Waals surface area contributed by atoms with Gasteiger partial charge in [-0.2, -0.15) is 0 Å². The summed E-state index contributed by atoms with van der Waals surface area (Å²) in [6.45, 7) is 7.44. The molecule has 0 unspecified atom stereocenters. The highest BCUT2D eigenvalue weighted by atomic mass is 16.1. The fourth-order valence-electron chi connectivity index (χ4n) is 3.26. The first-order chi connectivity index (χ1) is 10.7. The number of nitrogens with zero attached hydrogens (tertiary/aromatic N) is 1. The Morgan fingerprint density at radius 3 is 2.68 bits per heavy atom. The normalized spacial score (nSPS) is 15.4. The zero-order valence-electron chi connectivity index (χ0n) is 13.5. The van der Waals surface area contributed by atoms with Gasteiger partial charge in [0.05, 0.1) is 0 Å². The standard InChI is InChI=1S/C19H24N2O/c1-3-16-12-18(14(2)20-19(16)22)17-8-6-7-15(11-17)13-21-9-4-5-10-21/h6-8,11-12H,3-5,9-10,13H2,1-2H3,(H,20,22). The lowest BCUT2D eigenvalue weighted by Gasteiger charge is -2.16. The summed E-state index contributed by atoms with van der Waals surface area (Å²) in [7, 11) is 0. The van der Waals surface area contributed by atoms with Crippen molar-refractivity contribution in [3.8, 4) is 11.1 Å². The lowest BCUT2D eigenvalue weighted by Crippen LogP contribution is -2.18. The SMILES string of the molecule is CCc1cc(-c2cccc(CN3CCCC3)c2)c(C)[nH]c1=O. The van der Waals surface area contributed by atoms with Crippen molar-refractivity contribution >= 4 is 0 Å². The summed E-state index contributed by atoms with van der Waals surface area (Å²) in [6, 6.07) is 10.8. The smallest absolute Gasteiger partial charge is 0.251 e. The number of hydrogen-bond acceptors (Lipinski definition) is 2. The predicted molar refractivity (Wildman–Crippen MR) is 91.1 cm³/mol. The monoisotopic (exact) mass is 296 g/mol. The number of rotatable bonds is 4. The Morgan fingerprint density at radius 1 is 1.18 bits per heavy atom. The minimum atomic E-state index is 0.0389. The van der Waals surface area contributed by atoms with Crippen LogP contribution in [0.25, 0.3) is 11.1 Å². The van der Waals surface area contributed by atoms with Crippen LogP contribution in [-0.2, 0) is 13.0 Å². The zero-order chi connectivity index (χ0) is 15.5. The molecule has 1 aromatic carbocycles. The molecule has 3 rings (SSSR count). The molecule has 1 aliphatic rings. The Balaban J connectivity index is 1.93. The molecule has 0 aliphatic carbocycles. The first kappa shape index (κ1) is 15.0. The largest absolute Gasteiger partial charge is 0.326 e. The van der Waals surface area contributed by atoms with Gasteiger partial charge in [0, 0.05) is 23.4 Å². The van der Waals surface area contributed by atoms with Gasteiger partial charge < -0.3 is 4.98 Å². The molecule has 2 heterocycles. The topological polar surface area (TPSA) is 36.1 Å². The predicted octanol–water partition coefficient (Wildman–Crippen LogP) is 3.51. The molecule has 22 heavy (non-hydrogen) atoms. The molecule has 0 saturated carbocycles. The molecule has 2 aromatic rings. The number of hydrogen-bond donors (Lipinski definition) is 1. The molecule has 1 N–H and O–H groups in total. The molecule has 0 atom stereocenters. The Bertz CT molecular complexity index is 712. The highest BCUT2D eigenvalue weighted by Crippen LogP contribution is 2.24.